The summed E-state index contributed by atoms with van der Waals surface area (Å²) in [7, 11) is -4.01. The minimum atomic E-state index is -4.01. The summed E-state index contributed by atoms with van der Waals surface area (Å²) in [6, 6.07) is 5.93. The Balaban J connectivity index is 1.32. The lowest BCUT2D eigenvalue weighted by atomic mass is 9.55. The average molecular weight is 505 g/mol. The summed E-state index contributed by atoms with van der Waals surface area (Å²) < 4.78 is 27.5. The fourth-order valence-corrected chi connectivity index (χ4v) is 7.86. The van der Waals surface area contributed by atoms with Gasteiger partial charge in [-0.15, -0.1) is 0 Å². The van der Waals surface area contributed by atoms with Gasteiger partial charge in [0.15, 0.2) is 0 Å². The fourth-order valence-electron chi connectivity index (χ4n) is 7.49. The first kappa shape index (κ1) is 26.5. The molecule has 196 valence electrons. The summed E-state index contributed by atoms with van der Waals surface area (Å²) >= 11 is 0. The van der Waals surface area contributed by atoms with Gasteiger partial charge in [-0.1, -0.05) is 58.4 Å². The van der Waals surface area contributed by atoms with Crippen molar-refractivity contribution < 1.29 is 17.4 Å². The van der Waals surface area contributed by atoms with E-state index in [9.17, 15) is 13.2 Å². The smallest absolute Gasteiger partial charge is 0.371 e. The molecule has 0 aromatic heterocycles. The van der Waals surface area contributed by atoms with E-state index in [1.165, 1.54) is 49.7 Å². The zero-order valence-electron chi connectivity index (χ0n) is 21.6. The second-order valence-corrected chi connectivity index (χ2v) is 12.6. The Morgan fingerprint density at radius 1 is 1.09 bits per heavy atom. The lowest BCUT2D eigenvalue weighted by Crippen LogP contribution is -2.50. The molecular formula is C28H44N2O4S. The van der Waals surface area contributed by atoms with E-state index in [1.807, 2.05) is 12.1 Å². The highest BCUT2D eigenvalue weighted by molar-refractivity contribution is 7.84. The molecule has 0 bridgehead atoms. The molecule has 3 aliphatic rings. The number of carbonyl (C=O) groups is 1. The summed E-state index contributed by atoms with van der Waals surface area (Å²) in [5.74, 6) is 2.29. The number of carbonyl (C=O) groups excluding carboxylic acids is 1. The van der Waals surface area contributed by atoms with Crippen LogP contribution in [-0.2, 0) is 21.5 Å². The van der Waals surface area contributed by atoms with Gasteiger partial charge in [-0.3, -0.25) is 4.79 Å². The Morgan fingerprint density at radius 2 is 1.83 bits per heavy atom. The van der Waals surface area contributed by atoms with Gasteiger partial charge in [-0.2, -0.15) is 13.6 Å². The molecule has 0 saturated heterocycles. The number of aryl methyl sites for hydroxylation is 1. The molecule has 4 rings (SSSR count). The Hall–Kier alpha value is -1.60. The van der Waals surface area contributed by atoms with Gasteiger partial charge in [0.25, 0.3) is 0 Å². The maximum atomic E-state index is 12.8. The number of amides is 1. The molecule has 7 heteroatoms. The summed E-state index contributed by atoms with van der Waals surface area (Å²) in [6.07, 6.45) is 15.8. The van der Waals surface area contributed by atoms with E-state index in [0.717, 1.165) is 44.9 Å². The normalized spacial score (nSPS) is 29.7. The van der Waals surface area contributed by atoms with Gasteiger partial charge in [0.05, 0.1) is 0 Å². The van der Waals surface area contributed by atoms with Gasteiger partial charge < -0.3 is 9.50 Å². The van der Waals surface area contributed by atoms with Crippen LogP contribution in [0.3, 0.4) is 0 Å². The lowest BCUT2D eigenvalue weighted by Gasteiger charge is -2.51. The summed E-state index contributed by atoms with van der Waals surface area (Å²) in [5.41, 5.74) is 2.70. The first-order chi connectivity index (χ1) is 16.7. The number of rotatable bonds is 11. The van der Waals surface area contributed by atoms with E-state index in [2.05, 4.69) is 19.2 Å². The fraction of sp³-hybridized carbons (Fsp3) is 0.750. The molecule has 0 aliphatic heterocycles. The zero-order chi connectivity index (χ0) is 25.1. The van der Waals surface area contributed by atoms with E-state index >= 15 is 0 Å². The Bertz CT molecular complexity index is 995. The molecule has 3 aliphatic carbocycles. The van der Waals surface area contributed by atoms with Crippen LogP contribution in [-0.4, -0.2) is 20.4 Å². The molecule has 5 atom stereocenters. The number of nitrogens with one attached hydrogen (secondary N) is 1. The maximum absolute atomic E-state index is 12.8. The van der Waals surface area contributed by atoms with Crippen molar-refractivity contribution in [1.82, 2.24) is 5.32 Å². The number of hydrogen-bond acceptors (Lipinski definition) is 4. The lowest BCUT2D eigenvalue weighted by molar-refractivity contribution is -0.123. The number of benzene rings is 1. The molecule has 0 unspecified atom stereocenters. The van der Waals surface area contributed by atoms with Crippen LogP contribution in [0.2, 0.25) is 0 Å². The van der Waals surface area contributed by atoms with Gasteiger partial charge in [0.2, 0.25) is 5.91 Å². The molecule has 35 heavy (non-hydrogen) atoms. The molecule has 2 saturated carbocycles. The predicted octanol–water partition coefficient (Wildman–Crippen LogP) is 5.75. The first-order valence-electron chi connectivity index (χ1n) is 13.9. The molecule has 2 fully saturated rings. The maximum Gasteiger partial charge on any atom is 0.380 e. The van der Waals surface area contributed by atoms with Crippen LogP contribution in [0.5, 0.6) is 5.75 Å². The van der Waals surface area contributed by atoms with Crippen molar-refractivity contribution >= 4 is 16.2 Å². The van der Waals surface area contributed by atoms with Gasteiger partial charge >= 0.3 is 10.3 Å². The minimum Gasteiger partial charge on any atom is -0.371 e. The molecule has 1 aromatic carbocycles. The highest BCUT2D eigenvalue weighted by Crippen LogP contribution is 2.61. The molecule has 0 radical (unpaired) electrons. The Labute approximate surface area is 212 Å². The largest absolute Gasteiger partial charge is 0.380 e. The van der Waals surface area contributed by atoms with E-state index in [4.69, 9.17) is 9.32 Å². The Morgan fingerprint density at radius 3 is 2.57 bits per heavy atom. The molecule has 0 spiro atoms. The van der Waals surface area contributed by atoms with E-state index in [1.54, 1.807) is 6.07 Å². The van der Waals surface area contributed by atoms with Gasteiger partial charge in [0, 0.05) is 12.5 Å². The highest BCUT2D eigenvalue weighted by Gasteiger charge is 2.55. The third kappa shape index (κ3) is 6.22. The third-order valence-corrected chi connectivity index (χ3v) is 9.68. The van der Waals surface area contributed by atoms with E-state index in [0.29, 0.717) is 29.9 Å². The molecule has 0 heterocycles. The quantitative estimate of drug-likeness (QED) is 0.375. The Kier molecular flexibility index (Phi) is 8.47. The zero-order valence-corrected chi connectivity index (χ0v) is 22.4. The average Bonchev–Trinajstić information content (AvgIpc) is 3.13. The molecule has 3 N–H and O–H groups in total. The molecule has 6 nitrogen and oxygen atoms in total. The van der Waals surface area contributed by atoms with Crippen LogP contribution in [0.1, 0.15) is 114 Å². The monoisotopic (exact) mass is 504 g/mol. The summed E-state index contributed by atoms with van der Waals surface area (Å²) in [6.45, 7) is 4.65. The predicted molar refractivity (Wildman–Crippen MR) is 139 cm³/mol. The number of hydrogen-bond donors (Lipinski definition) is 2. The van der Waals surface area contributed by atoms with Crippen LogP contribution >= 0.6 is 0 Å². The van der Waals surface area contributed by atoms with Crippen LogP contribution < -0.4 is 14.6 Å². The first-order valence-corrected chi connectivity index (χ1v) is 15.3. The van der Waals surface area contributed by atoms with Crippen molar-refractivity contribution in [2.45, 2.75) is 116 Å². The second kappa shape index (κ2) is 11.2. The third-order valence-electron chi connectivity index (χ3n) is 9.25. The number of nitrogens with two attached hydrogens (primary N) is 1. The van der Waals surface area contributed by atoms with Crippen molar-refractivity contribution in [3.63, 3.8) is 0 Å². The van der Waals surface area contributed by atoms with Crippen molar-refractivity contribution in [2.75, 3.05) is 0 Å². The van der Waals surface area contributed by atoms with Crippen LogP contribution in [0.4, 0.5) is 0 Å². The summed E-state index contributed by atoms with van der Waals surface area (Å²) in [4.78, 5) is 12.8. The van der Waals surface area contributed by atoms with Crippen molar-refractivity contribution in [2.24, 2.45) is 22.4 Å². The SMILES string of the molecule is CCCCCCCCCC(=O)N[C@H]1CC[C@H]2[C@@H]3CCc4cc(OS(N)(=O)=O)ccc4[C@H]3CC[C@]12C. The van der Waals surface area contributed by atoms with Crippen LogP contribution in [0.15, 0.2) is 18.2 Å². The van der Waals surface area contributed by atoms with Gasteiger partial charge in [0.1, 0.15) is 5.75 Å². The molecule has 1 aromatic rings. The van der Waals surface area contributed by atoms with Gasteiger partial charge in [-0.05, 0) is 91.4 Å². The summed E-state index contributed by atoms with van der Waals surface area (Å²) in [5, 5.41) is 8.50. The topological polar surface area (TPSA) is 98.5 Å². The number of fused-ring (bicyclic) bond motifs is 5. The second-order valence-electron chi connectivity index (χ2n) is 11.5. The van der Waals surface area contributed by atoms with E-state index < -0.39 is 10.3 Å². The van der Waals surface area contributed by atoms with Crippen LogP contribution in [0.25, 0.3) is 0 Å². The van der Waals surface area contributed by atoms with E-state index in [-0.39, 0.29) is 17.4 Å². The van der Waals surface area contributed by atoms with Crippen LogP contribution in [0, 0.1) is 17.3 Å². The van der Waals surface area contributed by atoms with Crippen molar-refractivity contribution in [3.05, 3.63) is 29.3 Å². The van der Waals surface area contributed by atoms with Gasteiger partial charge in [-0.25, -0.2) is 0 Å². The minimum absolute atomic E-state index is 0.172. The highest BCUT2D eigenvalue weighted by atomic mass is 32.2. The van der Waals surface area contributed by atoms with Crippen molar-refractivity contribution in [3.8, 4) is 5.75 Å². The molecular weight excluding hydrogens is 460 g/mol. The molecule has 1 amide bonds. The standard InChI is InChI=1S/C28H44N2O4S/c1-3-4-5-6-7-8-9-10-27(31)30-26-16-15-25-24-13-11-20-19-21(34-35(29,32)33)12-14-22(20)23(24)17-18-28(25,26)2/h12,14,19,23-26H,3-11,13,15-18H2,1-2H3,(H,30,31)(H2,29,32,33)/t23-,24-,25+,26+,28+/m1/s1. The van der Waals surface area contributed by atoms with Crippen molar-refractivity contribution in [1.29, 1.82) is 0 Å². The number of unbranched alkanes of at least 4 members (excludes halogenated alkanes) is 6.